The summed E-state index contributed by atoms with van der Waals surface area (Å²) in [7, 11) is 0. The molecule has 0 aromatic heterocycles. The van der Waals surface area contributed by atoms with Gasteiger partial charge in [-0.25, -0.2) is 0 Å². The molecule has 4 heteroatoms. The third-order valence-electron chi connectivity index (χ3n) is 4.83. The number of ether oxygens (including phenoxy) is 2. The second-order valence-corrected chi connectivity index (χ2v) is 8.27. The van der Waals surface area contributed by atoms with E-state index >= 15 is 0 Å². The highest BCUT2D eigenvalue weighted by Crippen LogP contribution is 2.45. The summed E-state index contributed by atoms with van der Waals surface area (Å²) in [6.07, 6.45) is 0.950. The van der Waals surface area contributed by atoms with E-state index in [1.807, 2.05) is 19.1 Å². The number of hydrogen-bond donors (Lipinski definition) is 0. The van der Waals surface area contributed by atoms with Gasteiger partial charge in [-0.1, -0.05) is 56.1 Å². The average molecular weight is 488 g/mol. The van der Waals surface area contributed by atoms with Crippen molar-refractivity contribution in [2.45, 2.75) is 13.3 Å². The van der Waals surface area contributed by atoms with Crippen molar-refractivity contribution in [2.75, 3.05) is 19.8 Å². The third-order valence-corrected chi connectivity index (χ3v) is 5.98. The first-order valence-electron chi connectivity index (χ1n) is 9.08. The van der Waals surface area contributed by atoms with E-state index in [9.17, 15) is 0 Å². The van der Waals surface area contributed by atoms with Gasteiger partial charge in [0.05, 0.1) is 6.61 Å². The van der Waals surface area contributed by atoms with Gasteiger partial charge in [0.1, 0.15) is 12.4 Å². The topological polar surface area (TPSA) is 18.5 Å². The Hall–Kier alpha value is -1.62. The molecule has 0 spiro atoms. The fourth-order valence-electron chi connectivity index (χ4n) is 3.61. The van der Waals surface area contributed by atoms with Crippen molar-refractivity contribution in [3.05, 3.63) is 74.7 Å². The lowest BCUT2D eigenvalue weighted by Crippen LogP contribution is -2.06. The van der Waals surface area contributed by atoms with Crippen molar-refractivity contribution in [2.24, 2.45) is 0 Å². The second kappa shape index (κ2) is 8.17. The van der Waals surface area contributed by atoms with Crippen molar-refractivity contribution in [1.82, 2.24) is 0 Å². The molecule has 0 amide bonds. The summed E-state index contributed by atoms with van der Waals surface area (Å²) in [6.45, 7) is 3.89. The summed E-state index contributed by atoms with van der Waals surface area (Å²) in [4.78, 5) is 0. The van der Waals surface area contributed by atoms with Crippen LogP contribution in [0.5, 0.6) is 5.75 Å². The molecule has 0 bridgehead atoms. The van der Waals surface area contributed by atoms with Crippen LogP contribution < -0.4 is 4.74 Å². The average Bonchev–Trinajstić information content (AvgIpc) is 3.03. The van der Waals surface area contributed by atoms with Gasteiger partial charge in [-0.15, -0.1) is 0 Å². The van der Waals surface area contributed by atoms with Crippen LogP contribution in [0.25, 0.3) is 22.3 Å². The molecule has 0 atom stereocenters. The summed E-state index contributed by atoms with van der Waals surface area (Å²) in [5, 5.41) is 0. The fraction of sp³-hybridized carbons (Fsp3) is 0.217. The maximum atomic E-state index is 5.74. The second-order valence-electron chi connectivity index (χ2n) is 6.50. The van der Waals surface area contributed by atoms with Crippen LogP contribution in [-0.4, -0.2) is 19.8 Å². The molecule has 138 valence electrons. The van der Waals surface area contributed by atoms with Crippen LogP contribution in [0.3, 0.4) is 0 Å². The SMILES string of the molecule is CCOCCOc1ccc(-c2c(Br)ccc3c2Cc2cc(Br)ccc2-3)cc1. The smallest absolute Gasteiger partial charge is 0.119 e. The molecule has 0 N–H and O–H groups in total. The molecule has 0 saturated carbocycles. The molecule has 2 nitrogen and oxygen atoms in total. The van der Waals surface area contributed by atoms with Gasteiger partial charge in [0.2, 0.25) is 0 Å². The standard InChI is InChI=1S/C23H20Br2O2/c1-2-26-11-12-27-18-6-3-15(4-7-18)23-21-14-16-13-17(24)5-8-19(16)20(21)9-10-22(23)25/h3-10,13H,2,11-12,14H2,1H3. The van der Waals surface area contributed by atoms with Crippen molar-refractivity contribution in [1.29, 1.82) is 0 Å². The Kier molecular flexibility index (Phi) is 5.67. The van der Waals surface area contributed by atoms with Crippen LogP contribution in [0.4, 0.5) is 0 Å². The number of fused-ring (bicyclic) bond motifs is 3. The van der Waals surface area contributed by atoms with Gasteiger partial charge >= 0.3 is 0 Å². The summed E-state index contributed by atoms with van der Waals surface area (Å²) in [6, 6.07) is 19.2. The Labute approximate surface area is 176 Å². The van der Waals surface area contributed by atoms with E-state index < -0.39 is 0 Å². The fourth-order valence-corrected chi connectivity index (χ4v) is 4.62. The van der Waals surface area contributed by atoms with Gasteiger partial charge in [-0.3, -0.25) is 0 Å². The molecule has 0 heterocycles. The van der Waals surface area contributed by atoms with Crippen LogP contribution in [0.2, 0.25) is 0 Å². The van der Waals surface area contributed by atoms with Crippen molar-refractivity contribution < 1.29 is 9.47 Å². The molecule has 1 aliphatic rings. The molecule has 3 aromatic rings. The number of hydrogen-bond acceptors (Lipinski definition) is 2. The van der Waals surface area contributed by atoms with Crippen LogP contribution in [0.15, 0.2) is 63.5 Å². The first-order chi connectivity index (χ1) is 13.2. The predicted molar refractivity (Wildman–Crippen MR) is 118 cm³/mol. The minimum Gasteiger partial charge on any atom is -0.491 e. The maximum Gasteiger partial charge on any atom is 0.119 e. The zero-order chi connectivity index (χ0) is 18.8. The predicted octanol–water partition coefficient (Wildman–Crippen LogP) is 6.87. The Morgan fingerprint density at radius 1 is 0.889 bits per heavy atom. The molecule has 0 unspecified atom stereocenters. The quantitative estimate of drug-likeness (QED) is 0.276. The molecule has 27 heavy (non-hydrogen) atoms. The Bertz CT molecular complexity index is 965. The van der Waals surface area contributed by atoms with Gasteiger partial charge < -0.3 is 9.47 Å². The number of halogens is 2. The highest BCUT2D eigenvalue weighted by molar-refractivity contribution is 9.10. The molecule has 0 fully saturated rings. The minimum atomic E-state index is 0.571. The van der Waals surface area contributed by atoms with Crippen molar-refractivity contribution >= 4 is 31.9 Å². The zero-order valence-electron chi connectivity index (χ0n) is 15.1. The van der Waals surface area contributed by atoms with E-state index in [0.717, 1.165) is 21.1 Å². The normalized spacial score (nSPS) is 12.0. The first-order valence-corrected chi connectivity index (χ1v) is 10.7. The lowest BCUT2D eigenvalue weighted by Gasteiger charge is -2.13. The third kappa shape index (κ3) is 3.84. The molecule has 0 radical (unpaired) electrons. The monoisotopic (exact) mass is 486 g/mol. The highest BCUT2D eigenvalue weighted by Gasteiger charge is 2.23. The first kappa shape index (κ1) is 18.7. The van der Waals surface area contributed by atoms with E-state index in [4.69, 9.17) is 9.47 Å². The Balaban J connectivity index is 1.64. The van der Waals surface area contributed by atoms with Gasteiger partial charge in [0.25, 0.3) is 0 Å². The van der Waals surface area contributed by atoms with E-state index in [1.54, 1.807) is 0 Å². The number of rotatable bonds is 6. The molecule has 0 aliphatic heterocycles. The van der Waals surface area contributed by atoms with Crippen LogP contribution in [0.1, 0.15) is 18.1 Å². The molecule has 1 aliphatic carbocycles. The summed E-state index contributed by atoms with van der Waals surface area (Å²) in [5.41, 5.74) is 7.87. The molecular formula is C23H20Br2O2. The van der Waals surface area contributed by atoms with Gasteiger partial charge in [0, 0.05) is 21.1 Å². The van der Waals surface area contributed by atoms with Gasteiger partial charge in [-0.2, -0.15) is 0 Å². The lowest BCUT2D eigenvalue weighted by atomic mass is 9.96. The van der Waals surface area contributed by atoms with Crippen LogP contribution in [-0.2, 0) is 11.2 Å². The summed E-state index contributed by atoms with van der Waals surface area (Å²) < 4.78 is 13.3. The molecule has 4 rings (SSSR count). The van der Waals surface area contributed by atoms with E-state index in [2.05, 4.69) is 74.3 Å². The van der Waals surface area contributed by atoms with E-state index in [1.165, 1.54) is 33.4 Å². The molecule has 3 aromatic carbocycles. The summed E-state index contributed by atoms with van der Waals surface area (Å²) in [5.74, 6) is 0.870. The maximum absolute atomic E-state index is 5.74. The van der Waals surface area contributed by atoms with Gasteiger partial charge in [0.15, 0.2) is 0 Å². The van der Waals surface area contributed by atoms with Crippen LogP contribution >= 0.6 is 31.9 Å². The molecule has 0 saturated heterocycles. The Morgan fingerprint density at radius 3 is 2.44 bits per heavy atom. The Morgan fingerprint density at radius 2 is 1.67 bits per heavy atom. The molecular weight excluding hydrogens is 468 g/mol. The summed E-state index contributed by atoms with van der Waals surface area (Å²) >= 11 is 7.36. The lowest BCUT2D eigenvalue weighted by molar-refractivity contribution is 0.110. The largest absolute Gasteiger partial charge is 0.491 e. The number of benzene rings is 3. The zero-order valence-corrected chi connectivity index (χ0v) is 18.3. The highest BCUT2D eigenvalue weighted by atomic mass is 79.9. The minimum absolute atomic E-state index is 0.571. The van der Waals surface area contributed by atoms with Crippen molar-refractivity contribution in [3.8, 4) is 28.0 Å². The van der Waals surface area contributed by atoms with E-state index in [0.29, 0.717) is 19.8 Å². The van der Waals surface area contributed by atoms with Crippen LogP contribution in [0, 0.1) is 0 Å². The van der Waals surface area contributed by atoms with E-state index in [-0.39, 0.29) is 0 Å². The van der Waals surface area contributed by atoms with Crippen molar-refractivity contribution in [3.63, 3.8) is 0 Å². The van der Waals surface area contributed by atoms with Gasteiger partial charge in [-0.05, 0) is 71.5 Å².